The van der Waals surface area contributed by atoms with Crippen molar-refractivity contribution in [1.29, 1.82) is 0 Å². The molecule has 0 aromatic heterocycles. The maximum absolute atomic E-state index is 11.6. The summed E-state index contributed by atoms with van der Waals surface area (Å²) in [6.07, 6.45) is -1.75. The molecule has 1 aliphatic rings. The number of phosphoric acid groups is 1. The number of methoxy groups -OCH3 is 2. The maximum Gasteiger partial charge on any atom is 0.472 e. The largest absolute Gasteiger partial charge is 0.472 e. The minimum atomic E-state index is -4.13. The Morgan fingerprint density at radius 1 is 1.20 bits per heavy atom. The SMILES string of the molecule is B[C@@H]1O[C@H](COC)C(OP(=O)(O)OC)[C@@H]1OCCOC. The van der Waals surface area contributed by atoms with Gasteiger partial charge in [-0.05, 0) is 0 Å². The van der Waals surface area contributed by atoms with E-state index in [0.717, 1.165) is 7.11 Å². The first-order chi connectivity index (χ1) is 9.45. The predicted octanol–water partition coefficient (Wildman–Crippen LogP) is -0.846. The highest BCUT2D eigenvalue weighted by Crippen LogP contribution is 2.46. The first-order valence-corrected chi connectivity index (χ1v) is 7.76. The molecule has 10 heteroatoms. The Kier molecular flexibility index (Phi) is 7.64. The fourth-order valence-corrected chi connectivity index (χ4v) is 2.68. The van der Waals surface area contributed by atoms with E-state index in [1.807, 2.05) is 0 Å². The first kappa shape index (κ1) is 18.1. The molecule has 1 heterocycles. The van der Waals surface area contributed by atoms with Crippen LogP contribution >= 0.6 is 7.82 Å². The Labute approximate surface area is 119 Å². The second-order valence-corrected chi connectivity index (χ2v) is 5.90. The van der Waals surface area contributed by atoms with Crippen LogP contribution < -0.4 is 0 Å². The van der Waals surface area contributed by atoms with Crippen molar-refractivity contribution in [1.82, 2.24) is 0 Å². The highest BCUT2D eigenvalue weighted by molar-refractivity contribution is 7.47. The molecule has 118 valence electrons. The molecule has 0 amide bonds. The molecule has 1 N–H and O–H groups in total. The number of hydrogen-bond donors (Lipinski definition) is 1. The lowest BCUT2D eigenvalue weighted by Crippen LogP contribution is -2.39. The summed E-state index contributed by atoms with van der Waals surface area (Å²) in [5.74, 6) is 0. The lowest BCUT2D eigenvalue weighted by Gasteiger charge is -2.25. The van der Waals surface area contributed by atoms with Gasteiger partial charge in [0.1, 0.15) is 26.2 Å². The van der Waals surface area contributed by atoms with Gasteiger partial charge < -0.3 is 23.8 Å². The van der Waals surface area contributed by atoms with Crippen LogP contribution in [0.15, 0.2) is 0 Å². The number of rotatable bonds is 9. The summed E-state index contributed by atoms with van der Waals surface area (Å²) in [6.45, 7) is 0.964. The molecule has 2 unspecified atom stereocenters. The molecule has 0 aromatic rings. The molecular formula is C10H22BO8P. The summed E-state index contributed by atoms with van der Waals surface area (Å²) in [7, 11) is 1.85. The van der Waals surface area contributed by atoms with E-state index in [1.54, 1.807) is 15.0 Å². The fourth-order valence-electron chi connectivity index (χ4n) is 2.03. The normalized spacial score (nSPS) is 33.2. The van der Waals surface area contributed by atoms with E-state index in [9.17, 15) is 9.46 Å². The van der Waals surface area contributed by atoms with Gasteiger partial charge in [-0.15, -0.1) is 0 Å². The smallest absolute Gasteiger partial charge is 0.382 e. The molecular weight excluding hydrogens is 290 g/mol. The Morgan fingerprint density at radius 3 is 2.45 bits per heavy atom. The minimum absolute atomic E-state index is 0.225. The molecule has 5 atom stereocenters. The average molecular weight is 312 g/mol. The Hall–Kier alpha value is 0.0149. The monoisotopic (exact) mass is 312 g/mol. The molecule has 20 heavy (non-hydrogen) atoms. The zero-order chi connectivity index (χ0) is 15.2. The van der Waals surface area contributed by atoms with Crippen molar-refractivity contribution >= 4 is 15.7 Å². The topological polar surface area (TPSA) is 92.7 Å². The third kappa shape index (κ3) is 5.09. The van der Waals surface area contributed by atoms with Gasteiger partial charge in [-0.1, -0.05) is 0 Å². The van der Waals surface area contributed by atoms with Crippen LogP contribution in [-0.2, 0) is 32.6 Å². The van der Waals surface area contributed by atoms with Gasteiger partial charge in [-0.3, -0.25) is 9.05 Å². The van der Waals surface area contributed by atoms with Gasteiger partial charge in [-0.25, -0.2) is 4.57 Å². The number of phosphoric ester groups is 1. The molecule has 0 bridgehead atoms. The van der Waals surface area contributed by atoms with Crippen LogP contribution in [0, 0.1) is 0 Å². The zero-order valence-electron chi connectivity index (χ0n) is 12.2. The summed E-state index contributed by atoms with van der Waals surface area (Å²) in [4.78, 5) is 9.48. The van der Waals surface area contributed by atoms with Crippen LogP contribution in [0.25, 0.3) is 0 Å². The molecule has 1 aliphatic heterocycles. The number of ether oxygens (including phenoxy) is 4. The van der Waals surface area contributed by atoms with Crippen LogP contribution in [0.1, 0.15) is 0 Å². The Morgan fingerprint density at radius 2 is 1.90 bits per heavy atom. The maximum atomic E-state index is 11.6. The van der Waals surface area contributed by atoms with Crippen LogP contribution in [0.4, 0.5) is 0 Å². The van der Waals surface area contributed by atoms with Gasteiger partial charge in [0.15, 0.2) is 0 Å². The van der Waals surface area contributed by atoms with Gasteiger partial charge in [0.2, 0.25) is 0 Å². The van der Waals surface area contributed by atoms with Crippen molar-refractivity contribution in [2.45, 2.75) is 24.3 Å². The van der Waals surface area contributed by atoms with E-state index in [2.05, 4.69) is 4.52 Å². The van der Waals surface area contributed by atoms with Gasteiger partial charge in [-0.2, -0.15) is 0 Å². The highest BCUT2D eigenvalue weighted by Gasteiger charge is 2.47. The van der Waals surface area contributed by atoms with Crippen molar-refractivity contribution in [3.63, 3.8) is 0 Å². The molecule has 8 nitrogen and oxygen atoms in total. The van der Waals surface area contributed by atoms with Crippen molar-refractivity contribution in [3.8, 4) is 0 Å². The fraction of sp³-hybridized carbons (Fsp3) is 1.00. The van der Waals surface area contributed by atoms with Crippen molar-refractivity contribution in [2.75, 3.05) is 41.2 Å². The quantitative estimate of drug-likeness (QED) is 0.334. The summed E-state index contributed by atoms with van der Waals surface area (Å²) < 4.78 is 42.4. The molecule has 1 rings (SSSR count). The minimum Gasteiger partial charge on any atom is -0.382 e. The summed E-state index contributed by atoms with van der Waals surface area (Å²) >= 11 is 0. The van der Waals surface area contributed by atoms with Crippen LogP contribution in [0.2, 0.25) is 0 Å². The Bertz CT molecular complexity index is 330. The van der Waals surface area contributed by atoms with Gasteiger partial charge >= 0.3 is 7.82 Å². The second-order valence-electron chi connectivity index (χ2n) is 4.38. The van der Waals surface area contributed by atoms with Gasteiger partial charge in [0.25, 0.3) is 0 Å². The van der Waals surface area contributed by atoms with E-state index in [0.29, 0.717) is 13.2 Å². The van der Waals surface area contributed by atoms with Crippen molar-refractivity contribution in [3.05, 3.63) is 0 Å². The molecule has 0 spiro atoms. The van der Waals surface area contributed by atoms with Crippen molar-refractivity contribution < 1.29 is 37.5 Å². The van der Waals surface area contributed by atoms with Crippen LogP contribution in [0.3, 0.4) is 0 Å². The van der Waals surface area contributed by atoms with E-state index in [-0.39, 0.29) is 12.6 Å². The van der Waals surface area contributed by atoms with Crippen LogP contribution in [-0.4, -0.2) is 78.2 Å². The number of hydrogen-bond acceptors (Lipinski definition) is 7. The summed E-state index contributed by atoms with van der Waals surface area (Å²) in [5, 5.41) is 0. The van der Waals surface area contributed by atoms with E-state index in [4.69, 9.17) is 23.5 Å². The van der Waals surface area contributed by atoms with E-state index < -0.39 is 26.1 Å². The summed E-state index contributed by atoms with van der Waals surface area (Å²) in [6, 6.07) is -0.297. The standard InChI is InChI=1S/C10H22BO8P/c1-14-4-5-17-9-8(19-20(12,13)16-3)7(6-15-2)18-10(9)11/h7-10H,4-6,11H2,1-3H3,(H,12,13)/t7-,8?,9+,10-/m1/s1. The molecule has 0 aromatic carbocycles. The third-order valence-electron chi connectivity index (χ3n) is 2.96. The van der Waals surface area contributed by atoms with Gasteiger partial charge in [0, 0.05) is 21.3 Å². The lowest BCUT2D eigenvalue weighted by molar-refractivity contribution is -0.0438. The van der Waals surface area contributed by atoms with Crippen molar-refractivity contribution in [2.24, 2.45) is 0 Å². The Balaban J connectivity index is 2.74. The molecule has 0 aliphatic carbocycles. The van der Waals surface area contributed by atoms with E-state index >= 15 is 0 Å². The average Bonchev–Trinajstić information content (AvgIpc) is 2.67. The molecule has 0 saturated carbocycles. The predicted molar refractivity (Wildman–Crippen MR) is 72.4 cm³/mol. The second kappa shape index (κ2) is 8.46. The summed E-state index contributed by atoms with van der Waals surface area (Å²) in [5.41, 5.74) is 0. The molecule has 1 saturated heterocycles. The van der Waals surface area contributed by atoms with Gasteiger partial charge in [0.05, 0.1) is 25.8 Å². The molecule has 1 fully saturated rings. The zero-order valence-corrected chi connectivity index (χ0v) is 13.1. The van der Waals surface area contributed by atoms with Crippen LogP contribution in [0.5, 0.6) is 0 Å². The van der Waals surface area contributed by atoms with E-state index in [1.165, 1.54) is 7.11 Å². The lowest BCUT2D eigenvalue weighted by atomic mass is 9.93. The first-order valence-electron chi connectivity index (χ1n) is 6.27. The molecule has 0 radical (unpaired) electrons. The highest BCUT2D eigenvalue weighted by atomic mass is 31.2. The third-order valence-corrected chi connectivity index (χ3v) is 3.93.